The Kier molecular flexibility index (Phi) is 4.73. The Morgan fingerprint density at radius 2 is 2.38 bits per heavy atom. The number of amides is 1. The number of hydrogen-bond acceptors (Lipinski definition) is 6. The van der Waals surface area contributed by atoms with E-state index in [9.17, 15) is 14.9 Å². The fourth-order valence-corrected chi connectivity index (χ4v) is 2.83. The maximum atomic E-state index is 12.0. The minimum Gasteiger partial charge on any atom is -0.357 e. The maximum absolute atomic E-state index is 12.0. The Morgan fingerprint density at radius 3 is 3.00 bits per heavy atom. The molecular weight excluding hydrogens is 342 g/mol. The molecule has 0 radical (unpaired) electrons. The third-order valence-electron chi connectivity index (χ3n) is 3.48. The Hall–Kier alpha value is -1.74. The molecule has 21 heavy (non-hydrogen) atoms. The molecule has 2 rings (SSSR count). The van der Waals surface area contributed by atoms with Crippen LogP contribution in [0.3, 0.4) is 0 Å². The number of aromatic nitrogens is 1. The van der Waals surface area contributed by atoms with Crippen molar-refractivity contribution in [3.05, 3.63) is 26.3 Å². The molecule has 1 aromatic rings. The molecule has 1 fully saturated rings. The van der Waals surface area contributed by atoms with E-state index in [1.807, 2.05) is 4.90 Å². The molecule has 1 aliphatic heterocycles. The highest BCUT2D eigenvalue weighted by Gasteiger charge is 2.31. The number of nitro groups is 1. The van der Waals surface area contributed by atoms with Gasteiger partial charge in [-0.25, -0.2) is 4.98 Å². The molecule has 2 heterocycles. The van der Waals surface area contributed by atoms with Crippen molar-refractivity contribution in [2.45, 2.75) is 13.0 Å². The van der Waals surface area contributed by atoms with Crippen molar-refractivity contribution in [1.29, 1.82) is 0 Å². The Balaban J connectivity index is 2.42. The van der Waals surface area contributed by atoms with Crippen molar-refractivity contribution in [1.82, 2.24) is 15.6 Å². The van der Waals surface area contributed by atoms with Crippen LogP contribution in [0.5, 0.6) is 0 Å². The van der Waals surface area contributed by atoms with Gasteiger partial charge in [-0.2, -0.15) is 0 Å². The first-order chi connectivity index (χ1) is 9.97. The van der Waals surface area contributed by atoms with E-state index in [1.54, 1.807) is 14.0 Å². The zero-order valence-electron chi connectivity index (χ0n) is 11.7. The molecule has 1 atom stereocenters. The highest BCUT2D eigenvalue weighted by molar-refractivity contribution is 9.10. The van der Waals surface area contributed by atoms with E-state index in [1.165, 1.54) is 6.20 Å². The van der Waals surface area contributed by atoms with Gasteiger partial charge in [0.15, 0.2) is 0 Å². The second-order valence-corrected chi connectivity index (χ2v) is 5.48. The van der Waals surface area contributed by atoms with Gasteiger partial charge in [0.2, 0.25) is 5.91 Å². The van der Waals surface area contributed by atoms with E-state index >= 15 is 0 Å². The highest BCUT2D eigenvalue weighted by Crippen LogP contribution is 2.33. The van der Waals surface area contributed by atoms with Crippen LogP contribution in [-0.4, -0.2) is 48.5 Å². The van der Waals surface area contributed by atoms with Gasteiger partial charge in [-0.05, 0) is 22.9 Å². The van der Waals surface area contributed by atoms with E-state index in [0.717, 1.165) is 6.54 Å². The number of nitrogens with one attached hydrogen (secondary N) is 2. The summed E-state index contributed by atoms with van der Waals surface area (Å²) in [4.78, 5) is 28.5. The lowest BCUT2D eigenvalue weighted by Crippen LogP contribution is -2.58. The third kappa shape index (κ3) is 2.98. The molecule has 1 aliphatic rings. The molecule has 2 N–H and O–H groups in total. The van der Waals surface area contributed by atoms with E-state index in [-0.39, 0.29) is 11.6 Å². The summed E-state index contributed by atoms with van der Waals surface area (Å²) >= 11 is 3.37. The second-order valence-electron chi connectivity index (χ2n) is 4.69. The first kappa shape index (κ1) is 15.6. The molecule has 114 valence electrons. The van der Waals surface area contributed by atoms with Crippen molar-refractivity contribution in [3.8, 4) is 0 Å². The van der Waals surface area contributed by atoms with E-state index in [4.69, 9.17) is 0 Å². The lowest BCUT2D eigenvalue weighted by Gasteiger charge is -2.36. The molecule has 0 bridgehead atoms. The van der Waals surface area contributed by atoms with Gasteiger partial charge >= 0.3 is 0 Å². The fraction of sp³-hybridized carbons (Fsp3) is 0.500. The normalized spacial score (nSPS) is 18.4. The van der Waals surface area contributed by atoms with E-state index < -0.39 is 11.0 Å². The van der Waals surface area contributed by atoms with Gasteiger partial charge in [0.1, 0.15) is 18.1 Å². The number of likely N-dealkylation sites (N-methyl/N-ethyl adjacent to an activating group) is 1. The number of hydrogen-bond donors (Lipinski definition) is 2. The zero-order chi connectivity index (χ0) is 15.6. The lowest BCUT2D eigenvalue weighted by molar-refractivity contribution is -0.385. The van der Waals surface area contributed by atoms with Gasteiger partial charge in [0, 0.05) is 32.2 Å². The van der Waals surface area contributed by atoms with Crippen LogP contribution in [0, 0.1) is 17.0 Å². The molecule has 0 aliphatic carbocycles. The number of carbonyl (C=O) groups is 1. The summed E-state index contributed by atoms with van der Waals surface area (Å²) in [6.07, 6.45) is 1.23. The Labute approximate surface area is 130 Å². The zero-order valence-corrected chi connectivity index (χ0v) is 13.3. The number of rotatable bonds is 3. The van der Waals surface area contributed by atoms with Gasteiger partial charge in [-0.3, -0.25) is 14.9 Å². The summed E-state index contributed by atoms with van der Waals surface area (Å²) in [6.45, 7) is 3.48. The summed E-state index contributed by atoms with van der Waals surface area (Å²) in [5.41, 5.74) is 0.455. The van der Waals surface area contributed by atoms with Gasteiger partial charge in [-0.15, -0.1) is 0 Å². The molecule has 0 spiro atoms. The van der Waals surface area contributed by atoms with Crippen LogP contribution in [-0.2, 0) is 4.79 Å². The molecule has 1 aromatic heterocycles. The molecular formula is C12H16BrN5O3. The number of nitrogens with zero attached hydrogens (tertiary/aromatic N) is 3. The minimum absolute atomic E-state index is 0.0442. The Bertz CT molecular complexity index is 580. The van der Waals surface area contributed by atoms with Crippen molar-refractivity contribution >= 4 is 33.3 Å². The molecule has 1 unspecified atom stereocenters. The summed E-state index contributed by atoms with van der Waals surface area (Å²) in [7, 11) is 1.58. The first-order valence-electron chi connectivity index (χ1n) is 6.45. The van der Waals surface area contributed by atoms with E-state index in [2.05, 4.69) is 31.5 Å². The van der Waals surface area contributed by atoms with Gasteiger partial charge in [0.05, 0.1) is 9.40 Å². The molecule has 9 heteroatoms. The predicted octanol–water partition coefficient (Wildman–Crippen LogP) is 0.585. The van der Waals surface area contributed by atoms with Crippen molar-refractivity contribution in [2.24, 2.45) is 0 Å². The third-order valence-corrected chi connectivity index (χ3v) is 4.43. The van der Waals surface area contributed by atoms with Crippen LogP contribution < -0.4 is 15.5 Å². The number of halogens is 1. The van der Waals surface area contributed by atoms with Crippen LogP contribution in [0.2, 0.25) is 0 Å². The SMILES string of the molecule is CNC(=O)C1CNCCN1c1ncc([N+](=O)[O-])c(C)c1Br. The number of carbonyl (C=O) groups excluding carboxylic acids is 1. The smallest absolute Gasteiger partial charge is 0.291 e. The monoisotopic (exact) mass is 357 g/mol. The lowest BCUT2D eigenvalue weighted by atomic mass is 10.1. The van der Waals surface area contributed by atoms with Crippen molar-refractivity contribution in [3.63, 3.8) is 0 Å². The number of anilines is 1. The van der Waals surface area contributed by atoms with Crippen LogP contribution in [0.1, 0.15) is 5.56 Å². The molecule has 1 amide bonds. The van der Waals surface area contributed by atoms with Crippen LogP contribution in [0.25, 0.3) is 0 Å². The molecule has 1 saturated heterocycles. The average Bonchev–Trinajstić information content (AvgIpc) is 2.49. The minimum atomic E-state index is -0.467. The van der Waals surface area contributed by atoms with Gasteiger partial charge < -0.3 is 15.5 Å². The summed E-state index contributed by atoms with van der Waals surface area (Å²) in [6, 6.07) is -0.395. The second kappa shape index (κ2) is 6.35. The molecule has 0 saturated carbocycles. The first-order valence-corrected chi connectivity index (χ1v) is 7.25. The summed E-state index contributed by atoms with van der Waals surface area (Å²) in [5, 5.41) is 16.7. The summed E-state index contributed by atoms with van der Waals surface area (Å²) < 4.78 is 0.549. The number of pyridine rings is 1. The van der Waals surface area contributed by atoms with Crippen LogP contribution >= 0.6 is 15.9 Å². The quantitative estimate of drug-likeness (QED) is 0.606. The Morgan fingerprint density at radius 1 is 1.67 bits per heavy atom. The van der Waals surface area contributed by atoms with Crippen LogP contribution in [0.4, 0.5) is 11.5 Å². The van der Waals surface area contributed by atoms with Crippen molar-refractivity contribution in [2.75, 3.05) is 31.6 Å². The fourth-order valence-electron chi connectivity index (χ4n) is 2.30. The van der Waals surface area contributed by atoms with Crippen molar-refractivity contribution < 1.29 is 9.72 Å². The topological polar surface area (TPSA) is 100 Å². The van der Waals surface area contributed by atoms with Gasteiger partial charge in [-0.1, -0.05) is 0 Å². The molecule has 0 aromatic carbocycles. The van der Waals surface area contributed by atoms with Gasteiger partial charge in [0.25, 0.3) is 5.69 Å². The standard InChI is InChI=1S/C12H16BrN5O3/c1-7-8(18(20)21)6-16-11(10(7)13)17-4-3-15-5-9(17)12(19)14-2/h6,9,15H,3-5H2,1-2H3,(H,14,19). The molecule has 8 nitrogen and oxygen atoms in total. The number of piperazine rings is 1. The maximum Gasteiger partial charge on any atom is 0.291 e. The van der Waals surface area contributed by atoms with Crippen LogP contribution in [0.15, 0.2) is 10.7 Å². The largest absolute Gasteiger partial charge is 0.357 e. The summed E-state index contributed by atoms with van der Waals surface area (Å²) in [5.74, 6) is 0.431. The predicted molar refractivity (Wildman–Crippen MR) is 81.4 cm³/mol. The van der Waals surface area contributed by atoms with E-state index in [0.29, 0.717) is 28.9 Å². The highest BCUT2D eigenvalue weighted by atomic mass is 79.9. The average molecular weight is 358 g/mol.